The smallest absolute Gasteiger partial charge is 0.294 e. The highest BCUT2D eigenvalue weighted by molar-refractivity contribution is 7.86. The van der Waals surface area contributed by atoms with Gasteiger partial charge < -0.3 is 9.87 Å². The average Bonchev–Trinajstić information content (AvgIpc) is 3.33. The van der Waals surface area contributed by atoms with Gasteiger partial charge in [-0.3, -0.25) is 18.8 Å². The van der Waals surface area contributed by atoms with Gasteiger partial charge in [-0.25, -0.2) is 8.42 Å². The number of carbonyl (C=O) groups excluding carboxylic acids is 1. The number of likely N-dealkylation sites (N-methyl/N-ethyl adjacent to an activating group) is 1. The van der Waals surface area contributed by atoms with Crippen molar-refractivity contribution in [2.45, 2.75) is 87.3 Å². The van der Waals surface area contributed by atoms with E-state index < -0.39 is 31.1 Å². The third-order valence-electron chi connectivity index (χ3n) is 9.27. The van der Waals surface area contributed by atoms with Crippen molar-refractivity contribution >= 4 is 43.2 Å². The Kier molecular flexibility index (Phi) is 10.5. The number of nitrogens with zero attached hydrogens (tertiary/aromatic N) is 2. The Morgan fingerprint density at radius 1 is 0.936 bits per heavy atom. The number of aliphatic imine (C=N–C) groups is 1. The number of unbranched alkanes of at least 4 members (excludes halogenated alkanes) is 2. The largest absolute Gasteiger partial charge is 0.744 e. The van der Waals surface area contributed by atoms with Crippen LogP contribution in [0, 0.1) is 0 Å². The number of benzene rings is 2. The second kappa shape index (κ2) is 13.6. The van der Waals surface area contributed by atoms with Crippen LogP contribution in [0.2, 0.25) is 0 Å². The first kappa shape index (κ1) is 36.4. The van der Waals surface area contributed by atoms with E-state index in [0.717, 1.165) is 54.9 Å². The molecule has 0 spiro atoms. The molecule has 0 fully saturated rings. The maximum atomic E-state index is 12.0. The van der Waals surface area contributed by atoms with E-state index in [0.29, 0.717) is 28.7 Å². The van der Waals surface area contributed by atoms with Crippen LogP contribution in [0.5, 0.6) is 0 Å². The summed E-state index contributed by atoms with van der Waals surface area (Å²) in [5.74, 6) is 0.0624. The summed E-state index contributed by atoms with van der Waals surface area (Å²) in [5.41, 5.74) is 3.68. The van der Waals surface area contributed by atoms with E-state index in [1.165, 1.54) is 18.2 Å². The molecule has 1 atom stereocenters. The molecule has 1 amide bonds. The fourth-order valence-electron chi connectivity index (χ4n) is 6.63. The highest BCUT2D eigenvalue weighted by Crippen LogP contribution is 2.52. The molecule has 0 saturated heterocycles. The van der Waals surface area contributed by atoms with Crippen LogP contribution in [-0.2, 0) is 35.9 Å². The van der Waals surface area contributed by atoms with Crippen molar-refractivity contribution in [1.82, 2.24) is 9.80 Å². The Morgan fingerprint density at radius 3 is 2.28 bits per heavy atom. The van der Waals surface area contributed by atoms with Gasteiger partial charge in [0.1, 0.15) is 21.5 Å². The lowest BCUT2D eigenvalue weighted by Crippen LogP contribution is -2.45. The number of carbonyl (C=O) groups is 1. The molecule has 2 aliphatic rings. The summed E-state index contributed by atoms with van der Waals surface area (Å²) >= 11 is 0. The summed E-state index contributed by atoms with van der Waals surface area (Å²) in [6, 6.07) is 9.01. The molecule has 2 N–H and O–H groups in total. The van der Waals surface area contributed by atoms with Gasteiger partial charge in [-0.15, -0.1) is 0 Å². The molecule has 47 heavy (non-hydrogen) atoms. The van der Waals surface area contributed by atoms with E-state index in [2.05, 4.69) is 17.4 Å². The van der Waals surface area contributed by atoms with E-state index in [1.54, 1.807) is 18.2 Å². The molecule has 0 radical (unpaired) electrons. The van der Waals surface area contributed by atoms with Gasteiger partial charge in [-0.05, 0) is 87.6 Å². The zero-order valence-electron chi connectivity index (χ0n) is 27.9. The predicted molar refractivity (Wildman–Crippen MR) is 185 cm³/mol. The van der Waals surface area contributed by atoms with Crippen molar-refractivity contribution in [3.8, 4) is 0 Å². The van der Waals surface area contributed by atoms with Crippen LogP contribution in [0.25, 0.3) is 0 Å². The van der Waals surface area contributed by atoms with Crippen molar-refractivity contribution < 1.29 is 30.7 Å². The minimum Gasteiger partial charge on any atom is -0.744 e. The van der Waals surface area contributed by atoms with Crippen LogP contribution >= 0.6 is 0 Å². The van der Waals surface area contributed by atoms with Crippen LogP contribution in [0.15, 0.2) is 87.3 Å². The summed E-state index contributed by atoms with van der Waals surface area (Å²) in [5, 5.41) is 2.91. The van der Waals surface area contributed by atoms with E-state index in [9.17, 15) is 30.7 Å². The first-order valence-corrected chi connectivity index (χ1v) is 18.7. The topological polar surface area (TPSA) is 153 Å². The molecule has 0 saturated carbocycles. The molecule has 2 aliphatic heterocycles. The number of hydrogen-bond acceptors (Lipinski definition) is 7. The second-order valence-electron chi connectivity index (χ2n) is 13.4. The van der Waals surface area contributed by atoms with Gasteiger partial charge >= 0.3 is 0 Å². The molecule has 0 aliphatic carbocycles. The SMILES string of the molecule is CCCNC(=O)CCCCC[N+]1(C)/C(=C/C=C/C=C/C2=Nc3ccc(S(=O)(=O)[O-])cc3C2(C)C)C(C)(C)c2cc(S(=O)(=O)O)ccc21. The predicted octanol–water partition coefficient (Wildman–Crippen LogP) is 6.21. The Labute approximate surface area is 279 Å². The van der Waals surface area contributed by atoms with Gasteiger partial charge in [0, 0.05) is 30.0 Å². The Hall–Kier alpha value is -3.42. The first-order valence-electron chi connectivity index (χ1n) is 15.8. The molecule has 2 heterocycles. The van der Waals surface area contributed by atoms with Gasteiger partial charge in [0.2, 0.25) is 5.91 Å². The summed E-state index contributed by atoms with van der Waals surface area (Å²) in [7, 11) is -6.86. The van der Waals surface area contributed by atoms with Gasteiger partial charge in [-0.1, -0.05) is 39.0 Å². The summed E-state index contributed by atoms with van der Waals surface area (Å²) in [6.07, 6.45) is 13.4. The zero-order valence-corrected chi connectivity index (χ0v) is 29.5. The van der Waals surface area contributed by atoms with Gasteiger partial charge in [-0.2, -0.15) is 8.42 Å². The molecular formula is C35H45N3O7S2. The van der Waals surface area contributed by atoms with Crippen molar-refractivity contribution in [3.63, 3.8) is 0 Å². The van der Waals surface area contributed by atoms with Crippen LogP contribution in [0.4, 0.5) is 11.4 Å². The lowest BCUT2D eigenvalue weighted by Gasteiger charge is -2.34. The van der Waals surface area contributed by atoms with Crippen LogP contribution in [-0.4, -0.2) is 57.7 Å². The maximum absolute atomic E-state index is 12.0. The van der Waals surface area contributed by atoms with E-state index in [1.807, 2.05) is 65.0 Å². The monoisotopic (exact) mass is 683 g/mol. The summed E-state index contributed by atoms with van der Waals surface area (Å²) < 4.78 is 69.0. The van der Waals surface area contributed by atoms with Crippen LogP contribution in [0.3, 0.4) is 0 Å². The molecule has 2 aromatic carbocycles. The number of hydrogen-bond donors (Lipinski definition) is 2. The maximum Gasteiger partial charge on any atom is 0.294 e. The Balaban J connectivity index is 1.58. The molecular weight excluding hydrogens is 639 g/mol. The number of rotatable bonds is 13. The second-order valence-corrected chi connectivity index (χ2v) is 16.2. The highest BCUT2D eigenvalue weighted by atomic mass is 32.2. The zero-order chi connectivity index (χ0) is 34.8. The molecule has 12 heteroatoms. The quantitative estimate of drug-likeness (QED) is 0.110. The molecule has 4 rings (SSSR count). The lowest BCUT2D eigenvalue weighted by molar-refractivity contribution is -0.121. The molecule has 1 unspecified atom stereocenters. The highest BCUT2D eigenvalue weighted by Gasteiger charge is 2.51. The normalized spacial score (nSPS) is 20.9. The van der Waals surface area contributed by atoms with Crippen LogP contribution in [0.1, 0.15) is 77.8 Å². The van der Waals surface area contributed by atoms with Gasteiger partial charge in [0.15, 0.2) is 0 Å². The lowest BCUT2D eigenvalue weighted by atomic mass is 9.81. The minimum absolute atomic E-state index is 0.0624. The molecule has 0 aromatic heterocycles. The fourth-order valence-corrected chi connectivity index (χ4v) is 7.63. The molecule has 0 bridgehead atoms. The van der Waals surface area contributed by atoms with E-state index in [4.69, 9.17) is 0 Å². The van der Waals surface area contributed by atoms with Crippen molar-refractivity contribution in [3.05, 3.63) is 83.6 Å². The number of amides is 1. The molecule has 10 nitrogen and oxygen atoms in total. The van der Waals surface area contributed by atoms with Crippen molar-refractivity contribution in [1.29, 1.82) is 0 Å². The first-order chi connectivity index (χ1) is 21.8. The summed E-state index contributed by atoms with van der Waals surface area (Å²) in [6.45, 7) is 11.4. The van der Waals surface area contributed by atoms with Crippen LogP contribution < -0.4 is 9.80 Å². The van der Waals surface area contributed by atoms with Gasteiger partial charge in [0.05, 0.1) is 40.2 Å². The molecule has 254 valence electrons. The minimum atomic E-state index is -4.59. The number of fused-ring (bicyclic) bond motifs is 2. The van der Waals surface area contributed by atoms with E-state index >= 15 is 0 Å². The number of quaternary nitrogens is 1. The van der Waals surface area contributed by atoms with Crippen molar-refractivity contribution in [2.24, 2.45) is 4.99 Å². The summed E-state index contributed by atoms with van der Waals surface area (Å²) in [4.78, 5) is 16.3. The number of allylic oxidation sites excluding steroid dienone is 6. The molecule has 2 aromatic rings. The third-order valence-corrected chi connectivity index (χ3v) is 10.9. The van der Waals surface area contributed by atoms with Gasteiger partial charge in [0.25, 0.3) is 10.1 Å². The number of nitrogens with one attached hydrogen (secondary N) is 1. The average molecular weight is 684 g/mol. The Bertz CT molecular complexity index is 1890. The van der Waals surface area contributed by atoms with E-state index in [-0.39, 0.29) is 15.7 Å². The standard InChI is InChI=1S/C35H45N3O7S2/c1-7-21-36-33(39)16-12-9-13-22-38(6)30-20-18-26(47(43,44)45)24-28(30)35(4,5)32(38)15-11-8-10-14-31-34(2,3)27-23-25(46(40,41)42)17-19-29(27)37-31/h8,10-11,14-15,17-20,23-24H,7,9,12-13,16,21-22H2,1-6H3,(H2-,36,39,40,41,42,43,44,45)/b11-8+,14-10+,32-15+. The fraction of sp³-hybridized carbons (Fsp3) is 0.429. The van der Waals surface area contributed by atoms with Crippen molar-refractivity contribution in [2.75, 3.05) is 20.1 Å². The third kappa shape index (κ3) is 7.68. The Morgan fingerprint density at radius 2 is 1.62 bits per heavy atom.